The summed E-state index contributed by atoms with van der Waals surface area (Å²) in [5.74, 6) is 0.968. The number of amides is 1. The van der Waals surface area contributed by atoms with E-state index in [4.69, 9.17) is 0 Å². The number of hydrogen-bond donors (Lipinski definition) is 2. The topological polar surface area (TPSA) is 62.2 Å². The van der Waals surface area contributed by atoms with Gasteiger partial charge < -0.3 is 10.4 Å². The molecule has 2 N–H and O–H groups in total. The van der Waals surface area contributed by atoms with Crippen molar-refractivity contribution in [2.24, 2.45) is 5.92 Å². The zero-order valence-electron chi connectivity index (χ0n) is 16.4. The van der Waals surface area contributed by atoms with Crippen LogP contribution >= 0.6 is 0 Å². The molecule has 0 unspecified atom stereocenters. The maximum atomic E-state index is 12.7. The van der Waals surface area contributed by atoms with E-state index in [0.29, 0.717) is 17.4 Å². The van der Waals surface area contributed by atoms with Crippen molar-refractivity contribution in [3.63, 3.8) is 0 Å². The van der Waals surface area contributed by atoms with Gasteiger partial charge in [-0.1, -0.05) is 18.6 Å². The fourth-order valence-electron chi connectivity index (χ4n) is 4.47. The van der Waals surface area contributed by atoms with Crippen LogP contribution in [0.5, 0.6) is 0 Å². The Morgan fingerprint density at radius 2 is 1.89 bits per heavy atom. The van der Waals surface area contributed by atoms with Gasteiger partial charge in [0.15, 0.2) is 0 Å². The number of aromatic nitrogens is 1. The number of hydrogen-bond acceptors (Lipinski definition) is 3. The van der Waals surface area contributed by atoms with Gasteiger partial charge in [-0.15, -0.1) is 0 Å². The van der Waals surface area contributed by atoms with Crippen LogP contribution in [0.15, 0.2) is 30.5 Å². The van der Waals surface area contributed by atoms with Crippen molar-refractivity contribution in [2.75, 3.05) is 0 Å². The number of aliphatic hydroxyl groups is 1. The molecular weight excluding hydrogens is 336 g/mol. The van der Waals surface area contributed by atoms with E-state index in [9.17, 15) is 9.90 Å². The number of benzene rings is 1. The number of nitrogens with zero attached hydrogens (tertiary/aromatic N) is 1. The highest BCUT2D eigenvalue weighted by atomic mass is 16.3. The van der Waals surface area contributed by atoms with Gasteiger partial charge in [0.25, 0.3) is 5.91 Å². The molecule has 1 heterocycles. The molecule has 0 saturated heterocycles. The van der Waals surface area contributed by atoms with E-state index in [0.717, 1.165) is 36.6 Å². The summed E-state index contributed by atoms with van der Waals surface area (Å²) in [7, 11) is 0. The molecule has 0 bridgehead atoms. The smallest absolute Gasteiger partial charge is 0.253 e. The Labute approximate surface area is 162 Å². The highest BCUT2D eigenvalue weighted by molar-refractivity contribution is 5.97. The molecule has 2 aliphatic rings. The maximum absolute atomic E-state index is 12.7. The molecule has 2 fully saturated rings. The van der Waals surface area contributed by atoms with Gasteiger partial charge in [-0.3, -0.25) is 9.78 Å². The molecule has 2 aliphatic carbocycles. The fraction of sp³-hybridized carbons (Fsp3) is 0.565. The quantitative estimate of drug-likeness (QED) is 0.814. The Bertz CT molecular complexity index is 834. The first-order valence-electron chi connectivity index (χ1n) is 10.3. The zero-order valence-corrected chi connectivity index (χ0v) is 16.4. The lowest BCUT2D eigenvalue weighted by atomic mass is 9.77. The third kappa shape index (κ3) is 4.01. The predicted octanol–water partition coefficient (Wildman–Crippen LogP) is 4.81. The molecule has 146 valence electrons. The summed E-state index contributed by atoms with van der Waals surface area (Å²) in [6, 6.07) is 8.60. The molecule has 2 saturated carbocycles. The highest BCUT2D eigenvalue weighted by Gasteiger charge is 2.31. The third-order valence-corrected chi connectivity index (χ3v) is 6.61. The monoisotopic (exact) mass is 368 g/mol. The highest BCUT2D eigenvalue weighted by Crippen LogP contribution is 2.37. The number of rotatable bonds is 4. The van der Waals surface area contributed by atoms with E-state index in [1.54, 1.807) is 6.20 Å². The van der Waals surface area contributed by atoms with Crippen molar-refractivity contribution in [2.45, 2.75) is 76.4 Å². The van der Waals surface area contributed by atoms with Crippen molar-refractivity contribution in [3.8, 4) is 0 Å². The molecule has 1 aromatic heterocycles. The van der Waals surface area contributed by atoms with Crippen LogP contribution in [0.2, 0.25) is 0 Å². The van der Waals surface area contributed by atoms with Crippen molar-refractivity contribution in [1.29, 1.82) is 0 Å². The van der Waals surface area contributed by atoms with E-state index in [1.807, 2.05) is 19.9 Å². The van der Waals surface area contributed by atoms with Gasteiger partial charge in [0.2, 0.25) is 0 Å². The Kier molecular flexibility index (Phi) is 4.94. The van der Waals surface area contributed by atoms with Crippen LogP contribution in [0.3, 0.4) is 0 Å². The number of carbonyl (C=O) groups is 1. The van der Waals surface area contributed by atoms with Gasteiger partial charge in [0.1, 0.15) is 0 Å². The van der Waals surface area contributed by atoms with Gasteiger partial charge >= 0.3 is 0 Å². The van der Waals surface area contributed by atoms with Gasteiger partial charge in [0, 0.05) is 19.1 Å². The molecule has 0 radical (unpaired) electrons. The van der Waals surface area contributed by atoms with Crippen molar-refractivity contribution in [1.82, 2.24) is 10.3 Å². The minimum absolute atomic E-state index is 0. The summed E-state index contributed by atoms with van der Waals surface area (Å²) in [6.07, 6.45) is 9.34. The second-order valence-corrected chi connectivity index (χ2v) is 8.98. The largest absolute Gasteiger partial charge is 0.390 e. The molecule has 4 heteroatoms. The molecule has 4 nitrogen and oxygen atoms in total. The normalized spacial score (nSPS) is 23.8. The Morgan fingerprint density at radius 3 is 2.52 bits per heavy atom. The third-order valence-electron chi connectivity index (χ3n) is 6.61. The van der Waals surface area contributed by atoms with Crippen LogP contribution in [0.1, 0.15) is 82.1 Å². The number of fused-ring (bicyclic) bond motifs is 1. The second-order valence-electron chi connectivity index (χ2n) is 8.98. The number of nitrogens with one attached hydrogen (secondary N) is 1. The minimum atomic E-state index is -0.629. The number of pyridine rings is 1. The summed E-state index contributed by atoms with van der Waals surface area (Å²) >= 11 is 0. The van der Waals surface area contributed by atoms with Crippen molar-refractivity contribution < 1.29 is 11.3 Å². The zero-order chi connectivity index (χ0) is 19.0. The van der Waals surface area contributed by atoms with Crippen LogP contribution in [-0.4, -0.2) is 27.6 Å². The van der Waals surface area contributed by atoms with E-state index in [2.05, 4.69) is 28.5 Å². The molecule has 2 aromatic rings. The molecule has 0 spiro atoms. The van der Waals surface area contributed by atoms with E-state index < -0.39 is 5.60 Å². The lowest BCUT2D eigenvalue weighted by molar-refractivity contribution is -0.00257. The van der Waals surface area contributed by atoms with E-state index in [-0.39, 0.29) is 13.4 Å². The Balaban J connectivity index is 0.00000225. The SMILES string of the molecule is CC(C)(O)C1CCC(NC(=O)c2cnc3cc(C4CCC4)ccc3c2)CC1.[HH]. The fourth-order valence-corrected chi connectivity index (χ4v) is 4.47. The summed E-state index contributed by atoms with van der Waals surface area (Å²) in [6.45, 7) is 3.77. The van der Waals surface area contributed by atoms with E-state index >= 15 is 0 Å². The van der Waals surface area contributed by atoms with Crippen LogP contribution < -0.4 is 5.32 Å². The Hall–Kier alpha value is -1.94. The van der Waals surface area contributed by atoms with Gasteiger partial charge in [-0.25, -0.2) is 0 Å². The minimum Gasteiger partial charge on any atom is -0.390 e. The molecule has 0 atom stereocenters. The predicted molar refractivity (Wildman–Crippen MR) is 110 cm³/mol. The van der Waals surface area contributed by atoms with Crippen molar-refractivity contribution >= 4 is 16.8 Å². The molecule has 0 aliphatic heterocycles. The van der Waals surface area contributed by atoms with Crippen LogP contribution in [0.4, 0.5) is 0 Å². The average molecular weight is 369 g/mol. The lowest BCUT2D eigenvalue weighted by Crippen LogP contribution is -2.41. The molecule has 1 aromatic carbocycles. The molecule has 1 amide bonds. The average Bonchev–Trinajstić information content (AvgIpc) is 2.59. The van der Waals surface area contributed by atoms with Gasteiger partial charge in [-0.05, 0) is 81.9 Å². The van der Waals surface area contributed by atoms with Gasteiger partial charge in [-0.2, -0.15) is 0 Å². The van der Waals surface area contributed by atoms with Crippen LogP contribution in [0.25, 0.3) is 10.9 Å². The summed E-state index contributed by atoms with van der Waals surface area (Å²) in [4.78, 5) is 17.2. The van der Waals surface area contributed by atoms with Crippen LogP contribution in [-0.2, 0) is 0 Å². The van der Waals surface area contributed by atoms with Gasteiger partial charge in [0.05, 0.1) is 16.7 Å². The molecule has 4 rings (SSSR count). The first-order chi connectivity index (χ1) is 12.9. The number of carbonyl (C=O) groups excluding carboxylic acids is 1. The standard InChI is InChI=1S/C23H30N2O2.H2/c1-23(2,27)19-8-10-20(11-9-19)25-22(26)18-12-17-7-6-16(15-4-3-5-15)13-21(17)24-14-18;/h6-7,12-15,19-20,27H,3-5,8-11H2,1-2H3,(H,25,26);1H. The van der Waals surface area contributed by atoms with Crippen molar-refractivity contribution in [3.05, 3.63) is 41.6 Å². The van der Waals surface area contributed by atoms with E-state index in [1.165, 1.54) is 24.8 Å². The molecular formula is C23H32N2O2. The summed E-state index contributed by atoms with van der Waals surface area (Å²) < 4.78 is 0. The molecule has 27 heavy (non-hydrogen) atoms. The first kappa shape index (κ1) is 18.4. The first-order valence-corrected chi connectivity index (χ1v) is 10.3. The summed E-state index contributed by atoms with van der Waals surface area (Å²) in [5.41, 5.74) is 2.35. The Morgan fingerprint density at radius 1 is 1.15 bits per heavy atom. The van der Waals surface area contributed by atoms with Crippen LogP contribution in [0, 0.1) is 5.92 Å². The maximum Gasteiger partial charge on any atom is 0.253 e. The second kappa shape index (κ2) is 7.23. The summed E-state index contributed by atoms with van der Waals surface area (Å²) in [5, 5.41) is 14.4. The lowest BCUT2D eigenvalue weighted by Gasteiger charge is -2.36.